The van der Waals surface area contributed by atoms with Crippen LogP contribution in [0.5, 0.6) is 11.5 Å². The van der Waals surface area contributed by atoms with Crippen molar-refractivity contribution in [1.29, 1.82) is 0 Å². The Labute approximate surface area is 86.6 Å². The maximum absolute atomic E-state index is 10.3. The molecular formula is C10H11NO4. The lowest BCUT2D eigenvalue weighted by Crippen LogP contribution is -2.40. The van der Waals surface area contributed by atoms with Crippen LogP contribution < -0.4 is 14.8 Å². The van der Waals surface area contributed by atoms with Gasteiger partial charge in [-0.15, -0.1) is 0 Å². The van der Waals surface area contributed by atoms with Gasteiger partial charge >= 0.3 is 6.09 Å². The molecule has 1 heterocycles. The highest BCUT2D eigenvalue weighted by Crippen LogP contribution is 2.30. The molecule has 2 rings (SSSR count). The fourth-order valence-corrected chi connectivity index (χ4v) is 1.36. The zero-order chi connectivity index (χ0) is 10.7. The standard InChI is InChI=1S/C10H11NO4/c12-10(13)11-5-7-6-14-8-3-1-2-4-9(8)15-7/h1-4,7,11H,5-6H2,(H,12,13). The van der Waals surface area contributed by atoms with Gasteiger partial charge in [-0.25, -0.2) is 4.79 Å². The van der Waals surface area contributed by atoms with Gasteiger partial charge in [0.15, 0.2) is 17.6 Å². The van der Waals surface area contributed by atoms with E-state index in [1.165, 1.54) is 0 Å². The smallest absolute Gasteiger partial charge is 0.404 e. The van der Waals surface area contributed by atoms with Crippen molar-refractivity contribution >= 4 is 6.09 Å². The molecule has 1 aliphatic rings. The first-order valence-electron chi connectivity index (χ1n) is 4.61. The van der Waals surface area contributed by atoms with E-state index in [2.05, 4.69) is 5.32 Å². The van der Waals surface area contributed by atoms with Crippen molar-refractivity contribution in [3.05, 3.63) is 24.3 Å². The molecule has 0 fully saturated rings. The van der Waals surface area contributed by atoms with Gasteiger partial charge in [0.1, 0.15) is 6.61 Å². The highest BCUT2D eigenvalue weighted by atomic mass is 16.6. The number of hydrogen-bond acceptors (Lipinski definition) is 3. The molecule has 80 valence electrons. The number of nitrogens with one attached hydrogen (secondary N) is 1. The largest absolute Gasteiger partial charge is 0.486 e. The van der Waals surface area contributed by atoms with Crippen molar-refractivity contribution < 1.29 is 19.4 Å². The number of benzene rings is 1. The van der Waals surface area contributed by atoms with E-state index in [0.29, 0.717) is 18.1 Å². The van der Waals surface area contributed by atoms with E-state index in [-0.39, 0.29) is 12.6 Å². The highest BCUT2D eigenvalue weighted by molar-refractivity contribution is 5.64. The van der Waals surface area contributed by atoms with E-state index in [0.717, 1.165) is 0 Å². The second-order valence-corrected chi connectivity index (χ2v) is 3.18. The minimum absolute atomic E-state index is 0.226. The Kier molecular flexibility index (Phi) is 2.62. The second kappa shape index (κ2) is 4.08. The molecule has 1 unspecified atom stereocenters. The number of rotatable bonds is 2. The SMILES string of the molecule is O=C(O)NCC1COc2ccccc2O1. The Balaban J connectivity index is 1.96. The summed E-state index contributed by atoms with van der Waals surface area (Å²) in [6.45, 7) is 0.584. The van der Waals surface area contributed by atoms with Crippen molar-refractivity contribution in [3.63, 3.8) is 0 Å². The number of amides is 1. The van der Waals surface area contributed by atoms with Gasteiger partial charge in [-0.2, -0.15) is 0 Å². The molecule has 5 heteroatoms. The van der Waals surface area contributed by atoms with Crippen LogP contribution in [0.2, 0.25) is 0 Å². The molecule has 1 amide bonds. The summed E-state index contributed by atoms with van der Waals surface area (Å²) in [6, 6.07) is 7.31. The predicted molar refractivity (Wildman–Crippen MR) is 52.4 cm³/mol. The molecule has 0 spiro atoms. The van der Waals surface area contributed by atoms with Crippen LogP contribution in [0.15, 0.2) is 24.3 Å². The van der Waals surface area contributed by atoms with E-state index in [1.807, 2.05) is 18.2 Å². The van der Waals surface area contributed by atoms with Gasteiger partial charge in [0.05, 0.1) is 6.54 Å². The van der Waals surface area contributed by atoms with Gasteiger partial charge in [0, 0.05) is 0 Å². The molecule has 1 atom stereocenters. The van der Waals surface area contributed by atoms with Crippen molar-refractivity contribution in [2.24, 2.45) is 0 Å². The first kappa shape index (κ1) is 9.64. The van der Waals surface area contributed by atoms with Gasteiger partial charge in [-0.3, -0.25) is 0 Å². The molecule has 1 aromatic rings. The minimum Gasteiger partial charge on any atom is -0.486 e. The number of hydrogen-bond donors (Lipinski definition) is 2. The summed E-state index contributed by atoms with van der Waals surface area (Å²) >= 11 is 0. The Morgan fingerprint density at radius 2 is 2.20 bits per heavy atom. The minimum atomic E-state index is -1.06. The van der Waals surface area contributed by atoms with Crippen LogP contribution in [0.25, 0.3) is 0 Å². The first-order chi connectivity index (χ1) is 7.25. The fourth-order valence-electron chi connectivity index (χ4n) is 1.36. The zero-order valence-electron chi connectivity index (χ0n) is 7.97. The summed E-state index contributed by atoms with van der Waals surface area (Å²) < 4.78 is 10.9. The van der Waals surface area contributed by atoms with Crippen LogP contribution in [-0.4, -0.2) is 30.5 Å². The number of fused-ring (bicyclic) bond motifs is 1. The third-order valence-electron chi connectivity index (χ3n) is 2.05. The molecule has 0 aliphatic carbocycles. The Morgan fingerprint density at radius 1 is 1.47 bits per heavy atom. The van der Waals surface area contributed by atoms with Crippen LogP contribution in [0, 0.1) is 0 Å². The zero-order valence-corrected chi connectivity index (χ0v) is 7.97. The molecule has 15 heavy (non-hydrogen) atoms. The summed E-state index contributed by atoms with van der Waals surface area (Å²) in [5.74, 6) is 1.35. The average Bonchev–Trinajstić information content (AvgIpc) is 2.26. The Morgan fingerprint density at radius 3 is 2.93 bits per heavy atom. The summed E-state index contributed by atoms with van der Waals surface area (Å²) in [6.07, 6.45) is -1.33. The summed E-state index contributed by atoms with van der Waals surface area (Å²) in [4.78, 5) is 10.3. The van der Waals surface area contributed by atoms with Crippen LogP contribution in [-0.2, 0) is 0 Å². The molecule has 0 aromatic heterocycles. The van der Waals surface area contributed by atoms with Gasteiger partial charge in [0.2, 0.25) is 0 Å². The van der Waals surface area contributed by atoms with Crippen LogP contribution >= 0.6 is 0 Å². The van der Waals surface area contributed by atoms with Gasteiger partial charge in [-0.05, 0) is 12.1 Å². The lowest BCUT2D eigenvalue weighted by atomic mass is 10.2. The lowest BCUT2D eigenvalue weighted by molar-refractivity contribution is 0.0894. The summed E-state index contributed by atoms with van der Waals surface area (Å²) in [5.41, 5.74) is 0. The molecule has 1 aliphatic heterocycles. The average molecular weight is 209 g/mol. The number of carbonyl (C=O) groups is 1. The maximum atomic E-state index is 10.3. The van der Waals surface area contributed by atoms with Gasteiger partial charge in [0.25, 0.3) is 0 Å². The molecule has 2 N–H and O–H groups in total. The fraction of sp³-hybridized carbons (Fsp3) is 0.300. The topological polar surface area (TPSA) is 67.8 Å². The van der Waals surface area contributed by atoms with E-state index in [9.17, 15) is 4.79 Å². The second-order valence-electron chi connectivity index (χ2n) is 3.18. The van der Waals surface area contributed by atoms with Crippen molar-refractivity contribution in [1.82, 2.24) is 5.32 Å². The van der Waals surface area contributed by atoms with Crippen LogP contribution in [0.3, 0.4) is 0 Å². The van der Waals surface area contributed by atoms with E-state index in [4.69, 9.17) is 14.6 Å². The number of ether oxygens (including phenoxy) is 2. The van der Waals surface area contributed by atoms with Crippen molar-refractivity contribution in [3.8, 4) is 11.5 Å². The van der Waals surface area contributed by atoms with Gasteiger partial charge < -0.3 is 19.9 Å². The molecule has 0 saturated heterocycles. The lowest BCUT2D eigenvalue weighted by Gasteiger charge is -2.26. The quantitative estimate of drug-likeness (QED) is 0.765. The Hall–Kier alpha value is -1.91. The first-order valence-corrected chi connectivity index (χ1v) is 4.61. The monoisotopic (exact) mass is 209 g/mol. The molecule has 0 bridgehead atoms. The summed E-state index contributed by atoms with van der Waals surface area (Å²) in [5, 5.41) is 10.7. The molecular weight excluding hydrogens is 198 g/mol. The predicted octanol–water partition coefficient (Wildman–Crippen LogP) is 1.09. The van der Waals surface area contributed by atoms with E-state index >= 15 is 0 Å². The highest BCUT2D eigenvalue weighted by Gasteiger charge is 2.20. The van der Waals surface area contributed by atoms with E-state index in [1.54, 1.807) is 6.07 Å². The summed E-state index contributed by atoms with van der Waals surface area (Å²) in [7, 11) is 0. The van der Waals surface area contributed by atoms with Gasteiger partial charge in [-0.1, -0.05) is 12.1 Å². The maximum Gasteiger partial charge on any atom is 0.404 e. The Bertz CT molecular complexity index is 366. The van der Waals surface area contributed by atoms with Crippen LogP contribution in [0.1, 0.15) is 0 Å². The van der Waals surface area contributed by atoms with Crippen molar-refractivity contribution in [2.75, 3.05) is 13.2 Å². The number of carboxylic acid groups (broad SMARTS) is 1. The van der Waals surface area contributed by atoms with Crippen LogP contribution in [0.4, 0.5) is 4.79 Å². The molecule has 0 saturated carbocycles. The normalized spacial score (nSPS) is 18.3. The molecule has 1 aromatic carbocycles. The van der Waals surface area contributed by atoms with E-state index < -0.39 is 6.09 Å². The third kappa shape index (κ3) is 2.31. The number of para-hydroxylation sites is 2. The van der Waals surface area contributed by atoms with Crippen molar-refractivity contribution in [2.45, 2.75) is 6.10 Å². The molecule has 5 nitrogen and oxygen atoms in total. The third-order valence-corrected chi connectivity index (χ3v) is 2.05. The molecule has 0 radical (unpaired) electrons.